The molecule has 1 unspecified atom stereocenters. The lowest BCUT2D eigenvalue weighted by Gasteiger charge is -2.30. The molecule has 0 aromatic heterocycles. The van der Waals surface area contributed by atoms with Crippen molar-refractivity contribution in [2.24, 2.45) is 5.16 Å². The zero-order chi connectivity index (χ0) is 28.8. The van der Waals surface area contributed by atoms with Crippen LogP contribution < -0.4 is 5.32 Å². The standard InChI is InChI=1S/C25H20ClF7N4O2/c1-13-8-14(2-3-17(13)22(38)35-16-4-6-37(12-16)7-5-34)20-11-23(39-36-20,25(31,32)33)18-9-15(24(28,29)30)10-19(26)21(18)27/h2-3,8-10,16H,4,6-7,11-12H2,1H3,(H,35,38)/t16-,23?/m1/s1. The van der Waals surface area contributed by atoms with Crippen molar-refractivity contribution in [1.82, 2.24) is 10.2 Å². The van der Waals surface area contributed by atoms with Crippen molar-refractivity contribution in [3.63, 3.8) is 0 Å². The summed E-state index contributed by atoms with van der Waals surface area (Å²) in [4.78, 5) is 19.3. The lowest BCUT2D eigenvalue weighted by Crippen LogP contribution is -2.43. The summed E-state index contributed by atoms with van der Waals surface area (Å²) in [6.45, 7) is 2.93. The van der Waals surface area contributed by atoms with E-state index < -0.39 is 52.2 Å². The summed E-state index contributed by atoms with van der Waals surface area (Å²) >= 11 is 5.53. The Morgan fingerprint density at radius 1 is 1.26 bits per heavy atom. The van der Waals surface area contributed by atoms with Gasteiger partial charge in [0.1, 0.15) is 5.82 Å². The second-order valence-corrected chi connectivity index (χ2v) is 9.74. The van der Waals surface area contributed by atoms with E-state index in [1.165, 1.54) is 18.2 Å². The molecule has 4 rings (SSSR count). The summed E-state index contributed by atoms with van der Waals surface area (Å²) in [5, 5.41) is 14.0. The Morgan fingerprint density at radius 3 is 2.59 bits per heavy atom. The fraction of sp³-hybridized carbons (Fsp3) is 0.400. The number of nitrogens with zero attached hydrogens (tertiary/aromatic N) is 3. The highest BCUT2D eigenvalue weighted by Crippen LogP contribution is 2.51. The third kappa shape index (κ3) is 5.53. The van der Waals surface area contributed by atoms with Gasteiger partial charge >= 0.3 is 12.4 Å². The summed E-state index contributed by atoms with van der Waals surface area (Å²) in [5.74, 6) is -2.13. The van der Waals surface area contributed by atoms with Gasteiger partial charge in [0.15, 0.2) is 0 Å². The third-order valence-corrected chi connectivity index (χ3v) is 6.96. The Hall–Kier alpha value is -3.37. The number of nitriles is 1. The van der Waals surface area contributed by atoms with E-state index in [4.69, 9.17) is 16.9 Å². The van der Waals surface area contributed by atoms with E-state index in [-0.39, 0.29) is 41.6 Å². The molecule has 0 aliphatic carbocycles. The van der Waals surface area contributed by atoms with E-state index in [0.29, 0.717) is 25.1 Å². The molecule has 208 valence electrons. The van der Waals surface area contributed by atoms with Crippen LogP contribution in [-0.2, 0) is 16.6 Å². The molecular formula is C25H20ClF7N4O2. The van der Waals surface area contributed by atoms with E-state index in [1.807, 2.05) is 11.0 Å². The lowest BCUT2D eigenvalue weighted by molar-refractivity contribution is -0.276. The third-order valence-electron chi connectivity index (χ3n) is 6.68. The Bertz CT molecular complexity index is 1370. The van der Waals surface area contributed by atoms with Crippen molar-refractivity contribution in [1.29, 1.82) is 5.26 Å². The first kappa shape index (κ1) is 28.6. The molecule has 6 nitrogen and oxygen atoms in total. The SMILES string of the molecule is Cc1cc(C2=NOC(c3cc(C(F)(F)F)cc(Cl)c3F)(C(F)(F)F)C2)ccc1C(=O)N[C@@H]1CCN(CC#N)C1. The number of benzene rings is 2. The first-order valence-electron chi connectivity index (χ1n) is 11.6. The van der Waals surface area contributed by atoms with E-state index >= 15 is 0 Å². The van der Waals surface area contributed by atoms with Gasteiger partial charge in [0.2, 0.25) is 0 Å². The van der Waals surface area contributed by atoms with Gasteiger partial charge in [-0.05, 0) is 48.7 Å². The zero-order valence-corrected chi connectivity index (χ0v) is 20.9. The minimum Gasteiger partial charge on any atom is -0.374 e. The van der Waals surface area contributed by atoms with Gasteiger partial charge in [0.25, 0.3) is 11.5 Å². The van der Waals surface area contributed by atoms with Gasteiger partial charge < -0.3 is 10.2 Å². The van der Waals surface area contributed by atoms with Gasteiger partial charge in [-0.25, -0.2) is 4.39 Å². The Labute approximate surface area is 223 Å². The number of alkyl halides is 6. The molecule has 0 bridgehead atoms. The Morgan fingerprint density at radius 2 is 1.97 bits per heavy atom. The van der Waals surface area contributed by atoms with Gasteiger partial charge in [-0.3, -0.25) is 9.69 Å². The molecule has 39 heavy (non-hydrogen) atoms. The number of carbonyl (C=O) groups is 1. The normalized spacial score (nSPS) is 21.8. The van der Waals surface area contributed by atoms with Crippen molar-refractivity contribution in [2.45, 2.75) is 43.8 Å². The van der Waals surface area contributed by atoms with Crippen LogP contribution in [0.15, 0.2) is 35.5 Å². The second-order valence-electron chi connectivity index (χ2n) is 9.33. The largest absolute Gasteiger partial charge is 0.435 e. The minimum atomic E-state index is -5.37. The second kappa shape index (κ2) is 10.3. The first-order valence-corrected chi connectivity index (χ1v) is 11.9. The van der Waals surface area contributed by atoms with E-state index in [2.05, 4.69) is 15.3 Å². The quantitative estimate of drug-likeness (QED) is 0.365. The van der Waals surface area contributed by atoms with Crippen LogP contribution in [0.2, 0.25) is 5.02 Å². The van der Waals surface area contributed by atoms with Crippen LogP contribution in [0.25, 0.3) is 0 Å². The van der Waals surface area contributed by atoms with Gasteiger partial charge in [0, 0.05) is 30.3 Å². The van der Waals surface area contributed by atoms with Crippen LogP contribution in [-0.4, -0.2) is 48.4 Å². The fourth-order valence-electron chi connectivity index (χ4n) is 4.64. The smallest absolute Gasteiger partial charge is 0.374 e. The van der Waals surface area contributed by atoms with Crippen LogP contribution in [0, 0.1) is 24.1 Å². The van der Waals surface area contributed by atoms with E-state index in [0.717, 1.165) is 0 Å². The maximum Gasteiger partial charge on any atom is 0.435 e. The van der Waals surface area contributed by atoms with Crippen LogP contribution in [0.4, 0.5) is 30.7 Å². The zero-order valence-electron chi connectivity index (χ0n) is 20.2. The number of aryl methyl sites for hydroxylation is 1. The predicted octanol–water partition coefficient (Wildman–Crippen LogP) is 5.72. The van der Waals surface area contributed by atoms with Crippen LogP contribution >= 0.6 is 11.6 Å². The van der Waals surface area contributed by atoms with E-state index in [9.17, 15) is 35.5 Å². The number of hydrogen-bond acceptors (Lipinski definition) is 5. The summed E-state index contributed by atoms with van der Waals surface area (Å²) in [6, 6.07) is 6.16. The number of likely N-dealkylation sites (tertiary alicyclic amines) is 1. The summed E-state index contributed by atoms with van der Waals surface area (Å²) < 4.78 is 97.5. The highest BCUT2D eigenvalue weighted by molar-refractivity contribution is 6.30. The van der Waals surface area contributed by atoms with E-state index in [1.54, 1.807) is 6.92 Å². The number of hydrogen-bond donors (Lipinski definition) is 1. The van der Waals surface area contributed by atoms with Crippen molar-refractivity contribution in [3.05, 3.63) is 69.0 Å². The molecule has 2 aromatic rings. The number of carbonyl (C=O) groups excluding carboxylic acids is 1. The molecule has 2 aliphatic rings. The lowest BCUT2D eigenvalue weighted by atomic mass is 9.85. The Kier molecular flexibility index (Phi) is 7.57. The summed E-state index contributed by atoms with van der Waals surface area (Å²) in [6.07, 6.45) is -11.0. The average Bonchev–Trinajstić information content (AvgIpc) is 3.48. The number of oxime groups is 1. The molecule has 14 heteroatoms. The molecule has 2 heterocycles. The van der Waals surface area contributed by atoms with Crippen LogP contribution in [0.5, 0.6) is 0 Å². The molecule has 2 aliphatic heterocycles. The number of amides is 1. The van der Waals surface area contributed by atoms with Gasteiger partial charge in [-0.15, -0.1) is 0 Å². The van der Waals surface area contributed by atoms with Gasteiger partial charge in [-0.2, -0.15) is 31.6 Å². The summed E-state index contributed by atoms with van der Waals surface area (Å²) in [5.41, 5.74) is -6.14. The first-order chi connectivity index (χ1) is 18.2. The number of halogens is 8. The minimum absolute atomic E-state index is 0.0205. The molecular weight excluding hydrogens is 557 g/mol. The van der Waals surface area contributed by atoms with Crippen LogP contribution in [0.3, 0.4) is 0 Å². The molecule has 1 fully saturated rings. The molecule has 0 radical (unpaired) electrons. The molecule has 1 saturated heterocycles. The van der Waals surface area contributed by atoms with Crippen LogP contribution in [0.1, 0.15) is 45.5 Å². The Balaban J connectivity index is 1.60. The predicted molar refractivity (Wildman–Crippen MR) is 125 cm³/mol. The molecule has 1 amide bonds. The molecule has 0 spiro atoms. The van der Waals surface area contributed by atoms with Crippen molar-refractivity contribution >= 4 is 23.2 Å². The van der Waals surface area contributed by atoms with Gasteiger partial charge in [-0.1, -0.05) is 22.8 Å². The monoisotopic (exact) mass is 576 g/mol. The number of rotatable bonds is 5. The maximum atomic E-state index is 14.8. The van der Waals surface area contributed by atoms with Crippen molar-refractivity contribution in [3.8, 4) is 6.07 Å². The van der Waals surface area contributed by atoms with Gasteiger partial charge in [0.05, 0.1) is 35.3 Å². The molecule has 2 atom stereocenters. The number of nitrogens with one attached hydrogen (secondary N) is 1. The molecule has 1 N–H and O–H groups in total. The highest BCUT2D eigenvalue weighted by atomic mass is 35.5. The molecule has 2 aromatic carbocycles. The summed E-state index contributed by atoms with van der Waals surface area (Å²) in [7, 11) is 0. The fourth-order valence-corrected chi connectivity index (χ4v) is 4.86. The topological polar surface area (TPSA) is 77.7 Å². The maximum absolute atomic E-state index is 14.8. The van der Waals surface area contributed by atoms with Crippen molar-refractivity contribution < 1.29 is 40.4 Å². The highest BCUT2D eigenvalue weighted by Gasteiger charge is 2.64. The van der Waals surface area contributed by atoms with Crippen molar-refractivity contribution in [2.75, 3.05) is 19.6 Å². The molecule has 0 saturated carbocycles. The average molecular weight is 577 g/mol.